The molecule has 0 aliphatic heterocycles. The molecule has 4 heteroatoms. The van der Waals surface area contributed by atoms with Crippen LogP contribution >= 0.6 is 15.9 Å². The predicted octanol–water partition coefficient (Wildman–Crippen LogP) is 4.77. The van der Waals surface area contributed by atoms with E-state index in [0.717, 1.165) is 28.8 Å². The maximum absolute atomic E-state index is 13.9. The van der Waals surface area contributed by atoms with Crippen LogP contribution in [0.5, 0.6) is 0 Å². The molecular weight excluding hydrogens is 321 g/mol. The Morgan fingerprint density at radius 1 is 1.35 bits per heavy atom. The zero-order chi connectivity index (χ0) is 14.5. The first-order valence-electron chi connectivity index (χ1n) is 6.83. The van der Waals surface area contributed by atoms with Gasteiger partial charge in [-0.2, -0.15) is 0 Å². The smallest absolute Gasteiger partial charge is 0.126 e. The molecule has 0 saturated carbocycles. The van der Waals surface area contributed by atoms with Gasteiger partial charge in [-0.15, -0.1) is 0 Å². The fourth-order valence-electron chi connectivity index (χ4n) is 2.29. The van der Waals surface area contributed by atoms with E-state index in [1.165, 1.54) is 6.07 Å². The van der Waals surface area contributed by atoms with Crippen LogP contribution < -0.4 is 5.32 Å². The van der Waals surface area contributed by atoms with Gasteiger partial charge >= 0.3 is 0 Å². The minimum atomic E-state index is -0.169. The van der Waals surface area contributed by atoms with Gasteiger partial charge in [-0.05, 0) is 56.1 Å². The van der Waals surface area contributed by atoms with Crippen molar-refractivity contribution in [3.05, 3.63) is 57.7 Å². The lowest BCUT2D eigenvalue weighted by Gasteiger charge is -2.19. The van der Waals surface area contributed by atoms with Crippen LogP contribution in [0.1, 0.15) is 36.3 Å². The van der Waals surface area contributed by atoms with E-state index < -0.39 is 0 Å². The van der Waals surface area contributed by atoms with Gasteiger partial charge in [0.15, 0.2) is 0 Å². The Morgan fingerprint density at radius 2 is 2.15 bits per heavy atom. The topological polar surface area (TPSA) is 25.2 Å². The third-order valence-corrected chi connectivity index (χ3v) is 3.84. The SMILES string of the molecule is CCCNC(Cc1cc(Br)ccc1F)c1ccoc1C. The number of furan rings is 1. The van der Waals surface area contributed by atoms with Crippen LogP contribution in [0.15, 0.2) is 39.4 Å². The second-order valence-corrected chi connectivity index (χ2v) is 5.79. The second-order valence-electron chi connectivity index (χ2n) is 4.88. The summed E-state index contributed by atoms with van der Waals surface area (Å²) < 4.78 is 20.2. The number of hydrogen-bond donors (Lipinski definition) is 1. The summed E-state index contributed by atoms with van der Waals surface area (Å²) in [6.07, 6.45) is 3.32. The maximum atomic E-state index is 13.9. The quantitative estimate of drug-likeness (QED) is 0.819. The first-order chi connectivity index (χ1) is 9.61. The van der Waals surface area contributed by atoms with Crippen molar-refractivity contribution >= 4 is 15.9 Å². The summed E-state index contributed by atoms with van der Waals surface area (Å²) in [5.74, 6) is 0.714. The fraction of sp³-hybridized carbons (Fsp3) is 0.375. The molecule has 2 nitrogen and oxygen atoms in total. The molecule has 1 heterocycles. The Kier molecular flexibility index (Phi) is 5.38. The highest BCUT2D eigenvalue weighted by Crippen LogP contribution is 2.25. The van der Waals surface area contributed by atoms with Crippen LogP contribution in [0.25, 0.3) is 0 Å². The van der Waals surface area contributed by atoms with Gasteiger partial charge in [0.1, 0.15) is 11.6 Å². The number of hydrogen-bond acceptors (Lipinski definition) is 2. The Labute approximate surface area is 127 Å². The van der Waals surface area contributed by atoms with Crippen LogP contribution in [0.4, 0.5) is 4.39 Å². The molecule has 0 spiro atoms. The van der Waals surface area contributed by atoms with Gasteiger partial charge in [-0.25, -0.2) is 4.39 Å². The zero-order valence-electron chi connectivity index (χ0n) is 11.7. The van der Waals surface area contributed by atoms with E-state index in [1.807, 2.05) is 19.1 Å². The fourth-order valence-corrected chi connectivity index (χ4v) is 2.70. The van der Waals surface area contributed by atoms with E-state index in [1.54, 1.807) is 12.3 Å². The average Bonchev–Trinajstić information content (AvgIpc) is 2.84. The van der Waals surface area contributed by atoms with Crippen molar-refractivity contribution in [2.75, 3.05) is 6.54 Å². The van der Waals surface area contributed by atoms with Gasteiger partial charge in [0.2, 0.25) is 0 Å². The molecule has 108 valence electrons. The molecule has 1 atom stereocenters. The van der Waals surface area contributed by atoms with Crippen LogP contribution in [-0.2, 0) is 6.42 Å². The molecule has 0 radical (unpaired) electrons. The number of nitrogens with one attached hydrogen (secondary N) is 1. The summed E-state index contributed by atoms with van der Waals surface area (Å²) in [4.78, 5) is 0. The predicted molar refractivity (Wildman–Crippen MR) is 82.3 cm³/mol. The van der Waals surface area contributed by atoms with Crippen molar-refractivity contribution in [3.8, 4) is 0 Å². The number of rotatable bonds is 6. The molecule has 2 aromatic rings. The molecule has 0 amide bonds. The normalized spacial score (nSPS) is 12.6. The summed E-state index contributed by atoms with van der Waals surface area (Å²) in [6, 6.07) is 7.08. The molecule has 0 saturated heterocycles. The Morgan fingerprint density at radius 3 is 2.80 bits per heavy atom. The standard InChI is InChI=1S/C16H19BrFNO/c1-3-7-19-16(14-6-8-20-11(14)2)10-12-9-13(17)4-5-15(12)18/h4-6,8-9,16,19H,3,7,10H2,1-2H3. The highest BCUT2D eigenvalue weighted by molar-refractivity contribution is 9.10. The molecule has 0 aliphatic rings. The maximum Gasteiger partial charge on any atom is 0.126 e. The summed E-state index contributed by atoms with van der Waals surface area (Å²) in [5.41, 5.74) is 1.80. The Balaban J connectivity index is 2.23. The van der Waals surface area contributed by atoms with Crippen LogP contribution in [0.3, 0.4) is 0 Å². The molecular formula is C16H19BrFNO. The average molecular weight is 340 g/mol. The zero-order valence-corrected chi connectivity index (χ0v) is 13.3. The molecule has 0 fully saturated rings. The van der Waals surface area contributed by atoms with Gasteiger partial charge in [0.25, 0.3) is 0 Å². The first kappa shape index (κ1) is 15.3. The van der Waals surface area contributed by atoms with Gasteiger partial charge in [-0.1, -0.05) is 22.9 Å². The van der Waals surface area contributed by atoms with Gasteiger partial charge < -0.3 is 9.73 Å². The van der Waals surface area contributed by atoms with Crippen molar-refractivity contribution in [2.45, 2.75) is 32.7 Å². The number of halogens is 2. The van der Waals surface area contributed by atoms with Crippen LogP contribution in [0.2, 0.25) is 0 Å². The van der Waals surface area contributed by atoms with Gasteiger partial charge in [0, 0.05) is 16.1 Å². The molecule has 1 unspecified atom stereocenters. The third kappa shape index (κ3) is 3.70. The van der Waals surface area contributed by atoms with Gasteiger partial charge in [0.05, 0.1) is 6.26 Å². The summed E-state index contributed by atoms with van der Waals surface area (Å²) in [5, 5.41) is 3.47. The second kappa shape index (κ2) is 7.04. The van der Waals surface area contributed by atoms with Crippen molar-refractivity contribution in [1.29, 1.82) is 0 Å². The molecule has 20 heavy (non-hydrogen) atoms. The lowest BCUT2D eigenvalue weighted by Crippen LogP contribution is -2.24. The minimum Gasteiger partial charge on any atom is -0.469 e. The largest absolute Gasteiger partial charge is 0.469 e. The molecule has 2 rings (SSSR count). The van der Waals surface area contributed by atoms with E-state index in [-0.39, 0.29) is 11.9 Å². The van der Waals surface area contributed by atoms with Crippen molar-refractivity contribution in [2.24, 2.45) is 0 Å². The Hall–Kier alpha value is -1.13. The van der Waals surface area contributed by atoms with Crippen molar-refractivity contribution in [1.82, 2.24) is 5.32 Å². The summed E-state index contributed by atoms with van der Waals surface area (Å²) in [6.45, 7) is 4.95. The molecule has 1 aromatic carbocycles. The van der Waals surface area contributed by atoms with E-state index in [9.17, 15) is 4.39 Å². The lowest BCUT2D eigenvalue weighted by atomic mass is 9.99. The van der Waals surface area contributed by atoms with Crippen LogP contribution in [0, 0.1) is 12.7 Å². The molecule has 1 N–H and O–H groups in total. The number of benzene rings is 1. The Bertz CT molecular complexity index is 567. The molecule has 0 aliphatic carbocycles. The monoisotopic (exact) mass is 339 g/mol. The molecule has 0 bridgehead atoms. The van der Waals surface area contributed by atoms with E-state index in [4.69, 9.17) is 4.42 Å². The molecule has 1 aromatic heterocycles. The highest BCUT2D eigenvalue weighted by Gasteiger charge is 2.17. The van der Waals surface area contributed by atoms with Crippen LogP contribution in [-0.4, -0.2) is 6.54 Å². The minimum absolute atomic E-state index is 0.0671. The summed E-state index contributed by atoms with van der Waals surface area (Å²) in [7, 11) is 0. The van der Waals surface area contributed by atoms with Gasteiger partial charge in [-0.3, -0.25) is 0 Å². The highest BCUT2D eigenvalue weighted by atomic mass is 79.9. The van der Waals surface area contributed by atoms with Crippen molar-refractivity contribution in [3.63, 3.8) is 0 Å². The van der Waals surface area contributed by atoms with E-state index >= 15 is 0 Å². The first-order valence-corrected chi connectivity index (χ1v) is 7.62. The summed E-state index contributed by atoms with van der Waals surface area (Å²) >= 11 is 3.40. The van der Waals surface area contributed by atoms with Crippen molar-refractivity contribution < 1.29 is 8.81 Å². The third-order valence-electron chi connectivity index (χ3n) is 3.35. The van der Waals surface area contributed by atoms with E-state index in [2.05, 4.69) is 28.2 Å². The van der Waals surface area contributed by atoms with E-state index in [0.29, 0.717) is 12.0 Å². The number of aryl methyl sites for hydroxylation is 1. The lowest BCUT2D eigenvalue weighted by molar-refractivity contribution is 0.486.